The molecule has 4 heteroatoms. The van der Waals surface area contributed by atoms with Crippen molar-refractivity contribution in [2.75, 3.05) is 6.54 Å². The van der Waals surface area contributed by atoms with Gasteiger partial charge in [-0.05, 0) is 31.7 Å². The molecular formula is C15H18N2OS. The highest BCUT2D eigenvalue weighted by Gasteiger charge is 2.41. The van der Waals surface area contributed by atoms with E-state index in [0.717, 1.165) is 15.6 Å². The highest BCUT2D eigenvalue weighted by Crippen LogP contribution is 2.39. The van der Waals surface area contributed by atoms with E-state index in [1.54, 1.807) is 11.3 Å². The molecule has 0 spiro atoms. The zero-order valence-electron chi connectivity index (χ0n) is 11.0. The topological polar surface area (TPSA) is 55.1 Å². The molecule has 0 bridgehead atoms. The SMILES string of the molecule is CC(CN)(NC(=O)c1csc2ccccc12)C1CC1. The number of carbonyl (C=O) groups excluding carboxylic acids is 1. The van der Waals surface area contributed by atoms with Crippen LogP contribution in [-0.4, -0.2) is 18.0 Å². The van der Waals surface area contributed by atoms with Crippen molar-refractivity contribution in [2.24, 2.45) is 11.7 Å². The van der Waals surface area contributed by atoms with Gasteiger partial charge in [0.2, 0.25) is 0 Å². The minimum absolute atomic E-state index is 0.00250. The Bertz CT molecular complexity index is 617. The van der Waals surface area contributed by atoms with E-state index in [2.05, 4.69) is 12.2 Å². The predicted octanol–water partition coefficient (Wildman–Crippen LogP) is 2.76. The first-order valence-corrected chi connectivity index (χ1v) is 7.51. The Hall–Kier alpha value is -1.39. The number of nitrogens with two attached hydrogens (primary N) is 1. The van der Waals surface area contributed by atoms with Crippen LogP contribution in [0.3, 0.4) is 0 Å². The first-order chi connectivity index (χ1) is 9.14. The van der Waals surface area contributed by atoms with Gasteiger partial charge in [0, 0.05) is 22.0 Å². The number of benzene rings is 1. The number of thiophene rings is 1. The van der Waals surface area contributed by atoms with Crippen molar-refractivity contribution in [3.05, 3.63) is 35.2 Å². The fourth-order valence-corrected chi connectivity index (χ4v) is 3.46. The zero-order valence-corrected chi connectivity index (χ0v) is 11.8. The maximum absolute atomic E-state index is 12.5. The van der Waals surface area contributed by atoms with E-state index in [9.17, 15) is 4.79 Å². The summed E-state index contributed by atoms with van der Waals surface area (Å²) >= 11 is 1.61. The molecule has 0 aliphatic heterocycles. The standard InChI is InChI=1S/C15H18N2OS/c1-15(9-16,10-6-7-10)17-14(18)12-8-19-13-5-3-2-4-11(12)13/h2-5,8,10H,6-7,9,16H2,1H3,(H,17,18). The van der Waals surface area contributed by atoms with E-state index in [-0.39, 0.29) is 11.4 Å². The van der Waals surface area contributed by atoms with Crippen molar-refractivity contribution < 1.29 is 4.79 Å². The molecule has 100 valence electrons. The normalized spacial score (nSPS) is 18.2. The van der Waals surface area contributed by atoms with Gasteiger partial charge >= 0.3 is 0 Å². The summed E-state index contributed by atoms with van der Waals surface area (Å²) in [6, 6.07) is 8.00. The van der Waals surface area contributed by atoms with Crippen LogP contribution in [0.25, 0.3) is 10.1 Å². The van der Waals surface area contributed by atoms with E-state index in [1.165, 1.54) is 12.8 Å². The molecule has 1 fully saturated rings. The molecule has 1 heterocycles. The molecule has 3 rings (SSSR count). The Labute approximate surface area is 116 Å². The van der Waals surface area contributed by atoms with Crippen molar-refractivity contribution in [1.82, 2.24) is 5.32 Å². The zero-order chi connectivity index (χ0) is 13.5. The molecule has 1 atom stereocenters. The number of fused-ring (bicyclic) bond motifs is 1. The van der Waals surface area contributed by atoms with Gasteiger partial charge in [-0.3, -0.25) is 4.79 Å². The van der Waals surface area contributed by atoms with Crippen LogP contribution in [0.15, 0.2) is 29.6 Å². The molecule has 3 N–H and O–H groups in total. The molecule has 1 aliphatic carbocycles. The van der Waals surface area contributed by atoms with Crippen LogP contribution in [0, 0.1) is 5.92 Å². The first kappa shape index (κ1) is 12.6. The Morgan fingerprint density at radius 3 is 2.89 bits per heavy atom. The number of hydrogen-bond acceptors (Lipinski definition) is 3. The maximum Gasteiger partial charge on any atom is 0.253 e. The maximum atomic E-state index is 12.5. The highest BCUT2D eigenvalue weighted by molar-refractivity contribution is 7.17. The lowest BCUT2D eigenvalue weighted by molar-refractivity contribution is 0.0900. The average Bonchev–Trinajstić information content (AvgIpc) is 3.19. The lowest BCUT2D eigenvalue weighted by Crippen LogP contribution is -2.53. The highest BCUT2D eigenvalue weighted by atomic mass is 32.1. The van der Waals surface area contributed by atoms with Gasteiger partial charge in [0.15, 0.2) is 0 Å². The van der Waals surface area contributed by atoms with Crippen LogP contribution in [0.2, 0.25) is 0 Å². The van der Waals surface area contributed by atoms with Gasteiger partial charge in [-0.1, -0.05) is 18.2 Å². The quantitative estimate of drug-likeness (QED) is 0.900. The fourth-order valence-electron chi connectivity index (χ4n) is 2.52. The summed E-state index contributed by atoms with van der Waals surface area (Å²) in [5, 5.41) is 6.10. The van der Waals surface area contributed by atoms with Crippen molar-refractivity contribution in [3.8, 4) is 0 Å². The Morgan fingerprint density at radius 1 is 1.47 bits per heavy atom. The molecule has 1 aromatic carbocycles. The van der Waals surface area contributed by atoms with Crippen molar-refractivity contribution in [1.29, 1.82) is 0 Å². The van der Waals surface area contributed by atoms with E-state index in [0.29, 0.717) is 12.5 Å². The second-order valence-corrected chi connectivity index (χ2v) is 6.41. The summed E-state index contributed by atoms with van der Waals surface area (Å²) in [5.41, 5.74) is 6.35. The molecule has 1 saturated carbocycles. The van der Waals surface area contributed by atoms with Crippen molar-refractivity contribution in [2.45, 2.75) is 25.3 Å². The fraction of sp³-hybridized carbons (Fsp3) is 0.400. The minimum atomic E-state index is -0.264. The largest absolute Gasteiger partial charge is 0.345 e. The number of rotatable bonds is 4. The van der Waals surface area contributed by atoms with E-state index in [1.807, 2.05) is 29.6 Å². The van der Waals surface area contributed by atoms with Gasteiger partial charge in [-0.25, -0.2) is 0 Å². The van der Waals surface area contributed by atoms with Gasteiger partial charge in [-0.15, -0.1) is 11.3 Å². The van der Waals surface area contributed by atoms with Gasteiger partial charge in [0.25, 0.3) is 5.91 Å². The summed E-state index contributed by atoms with van der Waals surface area (Å²) in [4.78, 5) is 12.5. The summed E-state index contributed by atoms with van der Waals surface area (Å²) < 4.78 is 1.15. The number of hydrogen-bond donors (Lipinski definition) is 2. The molecule has 19 heavy (non-hydrogen) atoms. The second-order valence-electron chi connectivity index (χ2n) is 5.50. The van der Waals surface area contributed by atoms with E-state index in [4.69, 9.17) is 5.73 Å². The van der Waals surface area contributed by atoms with Crippen LogP contribution in [-0.2, 0) is 0 Å². The van der Waals surface area contributed by atoms with Crippen LogP contribution in [0.1, 0.15) is 30.1 Å². The summed E-state index contributed by atoms with van der Waals surface area (Å²) in [7, 11) is 0. The average molecular weight is 274 g/mol. The van der Waals surface area contributed by atoms with E-state index >= 15 is 0 Å². The third-order valence-electron chi connectivity index (χ3n) is 4.03. The number of carbonyl (C=O) groups is 1. The summed E-state index contributed by atoms with van der Waals surface area (Å²) in [5.74, 6) is 0.531. The van der Waals surface area contributed by atoms with Crippen molar-refractivity contribution >= 4 is 27.3 Å². The molecule has 1 unspecified atom stereocenters. The molecule has 0 radical (unpaired) electrons. The summed E-state index contributed by atoms with van der Waals surface area (Å²) in [6.45, 7) is 2.54. The second kappa shape index (κ2) is 4.62. The predicted molar refractivity (Wildman–Crippen MR) is 79.5 cm³/mol. The lowest BCUT2D eigenvalue weighted by Gasteiger charge is -2.29. The summed E-state index contributed by atoms with van der Waals surface area (Å²) in [6.07, 6.45) is 2.33. The molecule has 0 saturated heterocycles. The molecular weight excluding hydrogens is 256 g/mol. The molecule has 1 aliphatic rings. The van der Waals surface area contributed by atoms with Gasteiger partial charge < -0.3 is 11.1 Å². The Morgan fingerprint density at radius 2 is 2.21 bits per heavy atom. The molecule has 1 aromatic heterocycles. The number of nitrogens with one attached hydrogen (secondary N) is 1. The number of amides is 1. The monoisotopic (exact) mass is 274 g/mol. The van der Waals surface area contributed by atoms with Crippen LogP contribution in [0.4, 0.5) is 0 Å². The molecule has 3 nitrogen and oxygen atoms in total. The van der Waals surface area contributed by atoms with Crippen molar-refractivity contribution in [3.63, 3.8) is 0 Å². The lowest BCUT2D eigenvalue weighted by atomic mass is 9.95. The van der Waals surface area contributed by atoms with Crippen LogP contribution in [0.5, 0.6) is 0 Å². The van der Waals surface area contributed by atoms with Crippen LogP contribution < -0.4 is 11.1 Å². The molecule has 2 aromatic rings. The van der Waals surface area contributed by atoms with Gasteiger partial charge in [0.05, 0.1) is 11.1 Å². The van der Waals surface area contributed by atoms with Gasteiger partial charge in [-0.2, -0.15) is 0 Å². The first-order valence-electron chi connectivity index (χ1n) is 6.63. The van der Waals surface area contributed by atoms with E-state index < -0.39 is 0 Å². The molecule has 1 amide bonds. The smallest absolute Gasteiger partial charge is 0.253 e. The third kappa shape index (κ3) is 2.26. The van der Waals surface area contributed by atoms with Gasteiger partial charge in [0.1, 0.15) is 0 Å². The van der Waals surface area contributed by atoms with Crippen LogP contribution >= 0.6 is 11.3 Å². The minimum Gasteiger partial charge on any atom is -0.345 e. The Kier molecular flexibility index (Phi) is 3.07. The Balaban J connectivity index is 1.87. The third-order valence-corrected chi connectivity index (χ3v) is 4.99.